The summed E-state index contributed by atoms with van der Waals surface area (Å²) in [6.07, 6.45) is 3.17. The van der Waals surface area contributed by atoms with Crippen molar-refractivity contribution in [3.05, 3.63) is 69.3 Å². The van der Waals surface area contributed by atoms with Crippen molar-refractivity contribution in [3.63, 3.8) is 0 Å². The average Bonchev–Trinajstić information content (AvgIpc) is 3.14. The summed E-state index contributed by atoms with van der Waals surface area (Å²) in [6, 6.07) is 12.7. The second kappa shape index (κ2) is 7.90. The van der Waals surface area contributed by atoms with E-state index in [1.807, 2.05) is 12.1 Å². The van der Waals surface area contributed by atoms with Crippen molar-refractivity contribution in [2.75, 3.05) is 18.4 Å². The van der Waals surface area contributed by atoms with Gasteiger partial charge in [-0.2, -0.15) is 0 Å². The molecule has 0 spiro atoms. The predicted octanol–water partition coefficient (Wildman–Crippen LogP) is 3.62. The van der Waals surface area contributed by atoms with Crippen LogP contribution in [0.3, 0.4) is 0 Å². The Hall–Kier alpha value is -2.73. The molecular weight excluding hydrogens is 318 g/mol. The van der Waals surface area contributed by atoms with Gasteiger partial charge in [-0.25, -0.2) is 0 Å². The van der Waals surface area contributed by atoms with Crippen molar-refractivity contribution in [2.24, 2.45) is 0 Å². The summed E-state index contributed by atoms with van der Waals surface area (Å²) in [5.41, 5.74) is 2.96. The first-order valence-corrected chi connectivity index (χ1v) is 8.43. The van der Waals surface area contributed by atoms with E-state index in [1.54, 1.807) is 12.1 Å². The Balaban J connectivity index is 1.63. The maximum Gasteiger partial charge on any atom is 0.293 e. The van der Waals surface area contributed by atoms with E-state index < -0.39 is 4.92 Å². The highest BCUT2D eigenvalue weighted by Gasteiger charge is 2.14. The van der Waals surface area contributed by atoms with Crippen LogP contribution >= 0.6 is 0 Å². The molecule has 0 atom stereocenters. The van der Waals surface area contributed by atoms with Gasteiger partial charge in [-0.15, -0.1) is 0 Å². The predicted molar refractivity (Wildman–Crippen MR) is 96.8 cm³/mol. The van der Waals surface area contributed by atoms with Crippen molar-refractivity contribution in [3.8, 4) is 0 Å². The van der Waals surface area contributed by atoms with Crippen LogP contribution in [0.25, 0.3) is 0 Å². The lowest BCUT2D eigenvalue weighted by molar-refractivity contribution is -0.384. The van der Waals surface area contributed by atoms with Crippen LogP contribution in [-0.2, 0) is 13.1 Å². The molecule has 1 aliphatic rings. The normalized spacial score (nSPS) is 14.4. The molecule has 1 fully saturated rings. The molecule has 130 valence electrons. The van der Waals surface area contributed by atoms with Gasteiger partial charge in [0.1, 0.15) is 12.0 Å². The molecule has 6 heteroatoms. The summed E-state index contributed by atoms with van der Waals surface area (Å²) in [7, 11) is 0. The van der Waals surface area contributed by atoms with E-state index in [0.717, 1.165) is 12.1 Å². The molecule has 2 aromatic rings. The number of carbonyl (C=O) groups excluding carboxylic acids is 1. The lowest BCUT2D eigenvalue weighted by Crippen LogP contribution is -2.18. The summed E-state index contributed by atoms with van der Waals surface area (Å²) in [4.78, 5) is 23.9. The average molecular weight is 339 g/mol. The van der Waals surface area contributed by atoms with E-state index >= 15 is 0 Å². The zero-order valence-electron chi connectivity index (χ0n) is 14.0. The van der Waals surface area contributed by atoms with Crippen LogP contribution in [0.4, 0.5) is 11.4 Å². The Morgan fingerprint density at radius 3 is 2.40 bits per heavy atom. The van der Waals surface area contributed by atoms with Gasteiger partial charge in [0.2, 0.25) is 0 Å². The van der Waals surface area contributed by atoms with Crippen molar-refractivity contribution in [1.29, 1.82) is 0 Å². The van der Waals surface area contributed by atoms with Crippen molar-refractivity contribution in [1.82, 2.24) is 4.90 Å². The fourth-order valence-electron chi connectivity index (χ4n) is 3.08. The highest BCUT2D eigenvalue weighted by atomic mass is 16.6. The first-order chi connectivity index (χ1) is 12.2. The number of hydrogen-bond acceptors (Lipinski definition) is 5. The van der Waals surface area contributed by atoms with Crippen LogP contribution in [0.5, 0.6) is 0 Å². The molecule has 0 bridgehead atoms. The van der Waals surface area contributed by atoms with Crippen LogP contribution in [0.2, 0.25) is 0 Å². The maximum absolute atomic E-state index is 11.2. The van der Waals surface area contributed by atoms with Gasteiger partial charge in [0.25, 0.3) is 5.69 Å². The third-order valence-corrected chi connectivity index (χ3v) is 4.47. The third kappa shape index (κ3) is 4.42. The SMILES string of the molecule is O=Cc1ccc(NCc2ccc(CN3CCCC3)cc2)c([N+](=O)[O-])c1. The zero-order valence-corrected chi connectivity index (χ0v) is 14.0. The number of nitrogens with one attached hydrogen (secondary N) is 1. The molecule has 0 amide bonds. The zero-order chi connectivity index (χ0) is 17.6. The number of aldehydes is 1. The molecular formula is C19H21N3O3. The largest absolute Gasteiger partial charge is 0.375 e. The van der Waals surface area contributed by atoms with Gasteiger partial charge in [-0.05, 0) is 49.2 Å². The number of carbonyl (C=O) groups is 1. The van der Waals surface area contributed by atoms with Crippen LogP contribution in [0, 0.1) is 10.1 Å². The fraction of sp³-hybridized carbons (Fsp3) is 0.316. The number of likely N-dealkylation sites (tertiary alicyclic amines) is 1. The molecule has 6 nitrogen and oxygen atoms in total. The third-order valence-electron chi connectivity index (χ3n) is 4.47. The van der Waals surface area contributed by atoms with E-state index in [0.29, 0.717) is 24.1 Å². The van der Waals surface area contributed by atoms with Gasteiger partial charge in [-0.1, -0.05) is 24.3 Å². The second-order valence-corrected chi connectivity index (χ2v) is 6.30. The van der Waals surface area contributed by atoms with Gasteiger partial charge in [0.05, 0.1) is 4.92 Å². The summed E-state index contributed by atoms with van der Waals surface area (Å²) in [5, 5.41) is 14.2. The molecule has 1 saturated heterocycles. The quantitative estimate of drug-likeness (QED) is 0.474. The molecule has 3 rings (SSSR count). The molecule has 1 N–H and O–H groups in total. The Morgan fingerprint density at radius 2 is 1.76 bits per heavy atom. The van der Waals surface area contributed by atoms with Crippen LogP contribution in [0.15, 0.2) is 42.5 Å². The van der Waals surface area contributed by atoms with Crippen LogP contribution < -0.4 is 5.32 Å². The minimum atomic E-state index is -0.478. The van der Waals surface area contributed by atoms with Gasteiger partial charge in [0, 0.05) is 24.7 Å². The van der Waals surface area contributed by atoms with E-state index in [4.69, 9.17) is 0 Å². The number of nitro benzene ring substituents is 1. The number of hydrogen-bond donors (Lipinski definition) is 1. The maximum atomic E-state index is 11.2. The molecule has 0 aromatic heterocycles. The molecule has 0 aliphatic carbocycles. The van der Waals surface area contributed by atoms with Gasteiger partial charge in [-0.3, -0.25) is 19.8 Å². The minimum absolute atomic E-state index is 0.0877. The standard InChI is InChI=1S/C19H21N3O3/c23-14-17-7-8-18(19(11-17)22(24)25)20-12-15-3-5-16(6-4-15)13-21-9-1-2-10-21/h3-8,11,14,20H,1-2,9-10,12-13H2. The van der Waals surface area contributed by atoms with Gasteiger partial charge < -0.3 is 5.32 Å². The molecule has 1 heterocycles. The minimum Gasteiger partial charge on any atom is -0.375 e. The Bertz CT molecular complexity index is 753. The number of rotatable bonds is 7. The summed E-state index contributed by atoms with van der Waals surface area (Å²) >= 11 is 0. The van der Waals surface area contributed by atoms with E-state index in [2.05, 4.69) is 22.3 Å². The highest BCUT2D eigenvalue weighted by molar-refractivity contribution is 5.79. The monoisotopic (exact) mass is 339 g/mol. The van der Waals surface area contributed by atoms with Gasteiger partial charge >= 0.3 is 0 Å². The van der Waals surface area contributed by atoms with Crippen LogP contribution in [0.1, 0.15) is 34.3 Å². The number of nitro groups is 1. The highest BCUT2D eigenvalue weighted by Crippen LogP contribution is 2.25. The van der Waals surface area contributed by atoms with E-state index in [1.165, 1.54) is 37.6 Å². The number of benzene rings is 2. The van der Waals surface area contributed by atoms with E-state index in [9.17, 15) is 14.9 Å². The first-order valence-electron chi connectivity index (χ1n) is 8.43. The summed E-state index contributed by atoms with van der Waals surface area (Å²) < 4.78 is 0. The molecule has 25 heavy (non-hydrogen) atoms. The lowest BCUT2D eigenvalue weighted by Gasteiger charge is -2.15. The second-order valence-electron chi connectivity index (χ2n) is 6.30. The number of anilines is 1. The molecule has 0 saturated carbocycles. The Morgan fingerprint density at radius 1 is 1.08 bits per heavy atom. The molecule has 1 aliphatic heterocycles. The van der Waals surface area contributed by atoms with Crippen molar-refractivity contribution in [2.45, 2.75) is 25.9 Å². The lowest BCUT2D eigenvalue weighted by atomic mass is 10.1. The summed E-state index contributed by atoms with van der Waals surface area (Å²) in [5.74, 6) is 0. The topological polar surface area (TPSA) is 75.5 Å². The van der Waals surface area contributed by atoms with Crippen molar-refractivity contribution >= 4 is 17.7 Å². The number of nitrogens with zero attached hydrogens (tertiary/aromatic N) is 2. The Labute approximate surface area is 146 Å². The Kier molecular flexibility index (Phi) is 5.40. The molecule has 0 radical (unpaired) electrons. The summed E-state index contributed by atoms with van der Waals surface area (Å²) in [6.45, 7) is 3.81. The molecule has 2 aromatic carbocycles. The fourth-order valence-corrected chi connectivity index (χ4v) is 3.08. The smallest absolute Gasteiger partial charge is 0.293 e. The first kappa shape index (κ1) is 17.1. The van der Waals surface area contributed by atoms with Gasteiger partial charge in [0.15, 0.2) is 0 Å². The van der Waals surface area contributed by atoms with Crippen LogP contribution in [-0.4, -0.2) is 29.2 Å². The van der Waals surface area contributed by atoms with Crippen molar-refractivity contribution < 1.29 is 9.72 Å². The molecule has 0 unspecified atom stereocenters. The van der Waals surface area contributed by atoms with E-state index in [-0.39, 0.29) is 5.69 Å².